The van der Waals surface area contributed by atoms with Gasteiger partial charge in [0.25, 0.3) is 0 Å². The van der Waals surface area contributed by atoms with Crippen LogP contribution in [-0.2, 0) is 0 Å². The van der Waals surface area contributed by atoms with Gasteiger partial charge in [-0.1, -0.05) is 12.8 Å². The van der Waals surface area contributed by atoms with Crippen LogP contribution in [0.15, 0.2) is 11.8 Å². The third-order valence-electron chi connectivity index (χ3n) is 3.41. The summed E-state index contributed by atoms with van der Waals surface area (Å²) in [5.74, 6) is 1.08. The second-order valence-corrected chi connectivity index (χ2v) is 4.17. The predicted molar refractivity (Wildman–Crippen MR) is 49.8 cm³/mol. The van der Waals surface area contributed by atoms with Gasteiger partial charge in [-0.05, 0) is 37.5 Å². The Bertz CT molecular complexity index is 223. The Labute approximate surface area is 78.0 Å². The summed E-state index contributed by atoms with van der Waals surface area (Å²) in [5, 5.41) is 10.4. The first kappa shape index (κ1) is 8.73. The fourth-order valence-electron chi connectivity index (χ4n) is 2.84. The van der Waals surface area contributed by atoms with Crippen molar-refractivity contribution in [1.29, 1.82) is 0 Å². The lowest BCUT2D eigenvalue weighted by Gasteiger charge is -2.35. The normalized spacial score (nSPS) is 32.8. The summed E-state index contributed by atoms with van der Waals surface area (Å²) >= 11 is 0. The number of fused-ring (bicyclic) bond motifs is 2. The second-order valence-electron chi connectivity index (χ2n) is 4.17. The number of hydrogen-bond acceptors (Lipinski definition) is 2. The Kier molecular flexibility index (Phi) is 2.34. The van der Waals surface area contributed by atoms with E-state index in [2.05, 4.69) is 0 Å². The van der Waals surface area contributed by atoms with Gasteiger partial charge in [0.05, 0.1) is 4.92 Å². The minimum absolute atomic E-state index is 0.272. The molecule has 2 fully saturated rings. The Morgan fingerprint density at radius 3 is 2.00 bits per heavy atom. The lowest BCUT2D eigenvalue weighted by molar-refractivity contribution is -0.404. The highest BCUT2D eigenvalue weighted by molar-refractivity contribution is 5.13. The predicted octanol–water partition coefficient (Wildman–Crippen LogP) is 2.75. The van der Waals surface area contributed by atoms with E-state index in [-0.39, 0.29) is 4.92 Å². The van der Waals surface area contributed by atoms with Gasteiger partial charge in [0.15, 0.2) is 0 Å². The van der Waals surface area contributed by atoms with Crippen molar-refractivity contribution in [2.24, 2.45) is 11.8 Å². The van der Waals surface area contributed by atoms with Crippen LogP contribution in [0.2, 0.25) is 0 Å². The van der Waals surface area contributed by atoms with Crippen molar-refractivity contribution in [3.05, 3.63) is 21.9 Å². The van der Waals surface area contributed by atoms with Crippen molar-refractivity contribution in [3.63, 3.8) is 0 Å². The molecular weight excluding hydrogens is 166 g/mol. The zero-order valence-electron chi connectivity index (χ0n) is 7.74. The van der Waals surface area contributed by atoms with Gasteiger partial charge >= 0.3 is 0 Å². The summed E-state index contributed by atoms with van der Waals surface area (Å²) in [6.45, 7) is 0. The van der Waals surface area contributed by atoms with Crippen molar-refractivity contribution in [2.75, 3.05) is 0 Å². The molecule has 0 amide bonds. The van der Waals surface area contributed by atoms with Crippen LogP contribution in [0.25, 0.3) is 0 Å². The van der Waals surface area contributed by atoms with E-state index >= 15 is 0 Å². The minimum Gasteiger partial charge on any atom is -0.259 e. The van der Waals surface area contributed by atoms with Crippen LogP contribution < -0.4 is 0 Å². The van der Waals surface area contributed by atoms with E-state index in [1.54, 1.807) is 0 Å². The molecular formula is C10H15NO2. The maximum atomic E-state index is 10.4. The van der Waals surface area contributed by atoms with Crippen LogP contribution in [0.4, 0.5) is 0 Å². The Morgan fingerprint density at radius 2 is 1.62 bits per heavy atom. The molecule has 0 spiro atoms. The number of nitrogens with zero attached hydrogens (tertiary/aromatic N) is 1. The van der Waals surface area contributed by atoms with Gasteiger partial charge < -0.3 is 0 Å². The molecule has 2 bridgehead atoms. The zero-order valence-corrected chi connectivity index (χ0v) is 7.74. The number of nitro groups is 1. The van der Waals surface area contributed by atoms with Crippen LogP contribution in [0, 0.1) is 22.0 Å². The highest BCUT2D eigenvalue weighted by Gasteiger charge is 2.32. The summed E-state index contributed by atoms with van der Waals surface area (Å²) in [4.78, 5) is 10.2. The molecule has 0 atom stereocenters. The maximum absolute atomic E-state index is 10.4. The van der Waals surface area contributed by atoms with Crippen LogP contribution in [0.1, 0.15) is 38.5 Å². The van der Waals surface area contributed by atoms with Gasteiger partial charge in [-0.2, -0.15) is 0 Å². The Morgan fingerprint density at radius 1 is 1.15 bits per heavy atom. The molecule has 2 aliphatic carbocycles. The quantitative estimate of drug-likeness (QED) is 0.461. The summed E-state index contributed by atoms with van der Waals surface area (Å²) in [5.41, 5.74) is 1.14. The van der Waals surface area contributed by atoms with E-state index in [1.165, 1.54) is 44.7 Å². The minimum atomic E-state index is -0.272. The highest BCUT2D eigenvalue weighted by Crippen LogP contribution is 2.43. The van der Waals surface area contributed by atoms with E-state index in [0.717, 1.165) is 5.57 Å². The first-order valence-electron chi connectivity index (χ1n) is 5.12. The SMILES string of the molecule is O=[N+]([O-])C=C1C2CCCC1CCC2. The molecule has 3 heteroatoms. The molecule has 0 saturated heterocycles. The fourth-order valence-corrected chi connectivity index (χ4v) is 2.84. The van der Waals surface area contributed by atoms with Crippen LogP contribution in [-0.4, -0.2) is 4.92 Å². The molecule has 72 valence electrons. The van der Waals surface area contributed by atoms with E-state index < -0.39 is 0 Å². The van der Waals surface area contributed by atoms with E-state index in [9.17, 15) is 10.1 Å². The number of rotatable bonds is 1. The Hall–Kier alpha value is -0.860. The lowest BCUT2D eigenvalue weighted by atomic mass is 9.69. The van der Waals surface area contributed by atoms with Crippen LogP contribution >= 0.6 is 0 Å². The second kappa shape index (κ2) is 3.48. The van der Waals surface area contributed by atoms with Crippen molar-refractivity contribution in [3.8, 4) is 0 Å². The van der Waals surface area contributed by atoms with Crippen LogP contribution in [0.3, 0.4) is 0 Å². The molecule has 13 heavy (non-hydrogen) atoms. The molecule has 2 rings (SSSR count). The summed E-state index contributed by atoms with van der Waals surface area (Å²) in [6.07, 6.45) is 8.53. The average molecular weight is 181 g/mol. The first-order valence-corrected chi connectivity index (χ1v) is 5.12. The summed E-state index contributed by atoms with van der Waals surface area (Å²) in [6, 6.07) is 0. The molecule has 0 aliphatic heterocycles. The standard InChI is InChI=1S/C10H15NO2/c12-11(13)7-10-8-3-1-4-9(10)6-2-5-8/h7-9H,1-6H2. The van der Waals surface area contributed by atoms with Crippen molar-refractivity contribution >= 4 is 0 Å². The molecule has 0 N–H and O–H groups in total. The molecule has 0 unspecified atom stereocenters. The molecule has 3 nitrogen and oxygen atoms in total. The van der Waals surface area contributed by atoms with Crippen molar-refractivity contribution in [1.82, 2.24) is 0 Å². The van der Waals surface area contributed by atoms with E-state index in [0.29, 0.717) is 11.8 Å². The van der Waals surface area contributed by atoms with Crippen molar-refractivity contribution in [2.45, 2.75) is 38.5 Å². The van der Waals surface area contributed by atoms with Gasteiger partial charge in [-0.15, -0.1) is 0 Å². The Balaban J connectivity index is 2.20. The summed E-state index contributed by atoms with van der Waals surface area (Å²) in [7, 11) is 0. The molecule has 0 radical (unpaired) electrons. The first-order chi connectivity index (χ1) is 6.27. The maximum Gasteiger partial charge on any atom is 0.234 e. The molecule has 0 aromatic carbocycles. The number of hydrogen-bond donors (Lipinski definition) is 0. The van der Waals surface area contributed by atoms with Gasteiger partial charge in [0, 0.05) is 5.57 Å². The third-order valence-corrected chi connectivity index (χ3v) is 3.41. The van der Waals surface area contributed by atoms with Crippen LogP contribution in [0.5, 0.6) is 0 Å². The van der Waals surface area contributed by atoms with E-state index in [4.69, 9.17) is 0 Å². The molecule has 0 aromatic rings. The van der Waals surface area contributed by atoms with Gasteiger partial charge in [0.2, 0.25) is 6.20 Å². The van der Waals surface area contributed by atoms with Gasteiger partial charge in [-0.25, -0.2) is 0 Å². The molecule has 2 saturated carbocycles. The smallest absolute Gasteiger partial charge is 0.234 e. The lowest BCUT2D eigenvalue weighted by Crippen LogP contribution is -2.24. The topological polar surface area (TPSA) is 43.1 Å². The molecule has 2 aliphatic rings. The zero-order chi connectivity index (χ0) is 9.26. The highest BCUT2D eigenvalue weighted by atomic mass is 16.6. The molecule has 0 aromatic heterocycles. The average Bonchev–Trinajstić information content (AvgIpc) is 2.02. The van der Waals surface area contributed by atoms with E-state index in [1.807, 2.05) is 0 Å². The number of allylic oxidation sites excluding steroid dienone is 1. The fraction of sp³-hybridized carbons (Fsp3) is 0.800. The monoisotopic (exact) mass is 181 g/mol. The van der Waals surface area contributed by atoms with Gasteiger partial charge in [-0.3, -0.25) is 10.1 Å². The third kappa shape index (κ3) is 1.74. The summed E-state index contributed by atoms with van der Waals surface area (Å²) < 4.78 is 0. The largest absolute Gasteiger partial charge is 0.259 e. The van der Waals surface area contributed by atoms with Gasteiger partial charge in [0.1, 0.15) is 0 Å². The molecule has 0 heterocycles. The van der Waals surface area contributed by atoms with Crippen molar-refractivity contribution < 1.29 is 4.92 Å².